The molecule has 1 nitrogen and oxygen atoms in total. The summed E-state index contributed by atoms with van der Waals surface area (Å²) in [6.07, 6.45) is 6.71. The van der Waals surface area contributed by atoms with Crippen LogP contribution in [0.3, 0.4) is 0 Å². The summed E-state index contributed by atoms with van der Waals surface area (Å²) in [6.45, 7) is 13.9. The fourth-order valence-electron chi connectivity index (χ4n) is 2.47. The largest absolute Gasteiger partial charge is 0.316 e. The SMILES string of the molecule is CCCC(CC)(CCC)CNCC(C)C. The van der Waals surface area contributed by atoms with E-state index in [0.29, 0.717) is 5.41 Å². The Hall–Kier alpha value is -0.0400. The fraction of sp³-hybridized carbons (Fsp3) is 1.00. The van der Waals surface area contributed by atoms with Gasteiger partial charge in [-0.25, -0.2) is 0 Å². The molecule has 0 aliphatic heterocycles. The first-order chi connectivity index (χ1) is 7.10. The molecular weight excluding hydrogens is 182 g/mol. The summed E-state index contributed by atoms with van der Waals surface area (Å²) in [6, 6.07) is 0. The summed E-state index contributed by atoms with van der Waals surface area (Å²) in [5.41, 5.74) is 0.568. The lowest BCUT2D eigenvalue weighted by molar-refractivity contribution is 0.211. The van der Waals surface area contributed by atoms with Gasteiger partial charge < -0.3 is 5.32 Å². The Balaban J connectivity index is 4.08. The van der Waals surface area contributed by atoms with E-state index in [1.165, 1.54) is 38.6 Å². The van der Waals surface area contributed by atoms with Crippen molar-refractivity contribution in [2.24, 2.45) is 11.3 Å². The molecule has 0 saturated heterocycles. The monoisotopic (exact) mass is 213 g/mol. The second kappa shape index (κ2) is 8.15. The molecule has 0 spiro atoms. The molecule has 0 heterocycles. The summed E-state index contributed by atoms with van der Waals surface area (Å²) >= 11 is 0. The Kier molecular flexibility index (Phi) is 8.13. The van der Waals surface area contributed by atoms with E-state index in [1.54, 1.807) is 0 Å². The number of nitrogens with one attached hydrogen (secondary N) is 1. The second-order valence-corrected chi connectivity index (χ2v) is 5.38. The molecule has 0 amide bonds. The molecule has 0 aromatic heterocycles. The van der Waals surface area contributed by atoms with Crippen LogP contribution in [0.1, 0.15) is 66.7 Å². The fourth-order valence-corrected chi connectivity index (χ4v) is 2.47. The van der Waals surface area contributed by atoms with Gasteiger partial charge >= 0.3 is 0 Å². The van der Waals surface area contributed by atoms with Crippen LogP contribution in [0.25, 0.3) is 0 Å². The van der Waals surface area contributed by atoms with E-state index in [1.807, 2.05) is 0 Å². The first-order valence-electron chi connectivity index (χ1n) is 6.81. The Morgan fingerprint density at radius 2 is 1.53 bits per heavy atom. The zero-order valence-electron chi connectivity index (χ0n) is 11.5. The maximum atomic E-state index is 3.65. The van der Waals surface area contributed by atoms with E-state index in [4.69, 9.17) is 0 Å². The standard InChI is InChI=1S/C14H31N/c1-6-9-14(8-3,10-7-2)12-15-11-13(4)5/h13,15H,6-12H2,1-5H3. The first-order valence-corrected chi connectivity index (χ1v) is 6.81. The average Bonchev–Trinajstić information content (AvgIpc) is 2.17. The van der Waals surface area contributed by atoms with Crippen LogP contribution in [0.4, 0.5) is 0 Å². The van der Waals surface area contributed by atoms with Crippen LogP contribution in [0.2, 0.25) is 0 Å². The highest BCUT2D eigenvalue weighted by atomic mass is 14.9. The molecule has 15 heavy (non-hydrogen) atoms. The van der Waals surface area contributed by atoms with Crippen LogP contribution in [0, 0.1) is 11.3 Å². The molecule has 0 bridgehead atoms. The molecule has 0 atom stereocenters. The van der Waals surface area contributed by atoms with Gasteiger partial charge in [-0.3, -0.25) is 0 Å². The van der Waals surface area contributed by atoms with Crippen molar-refractivity contribution in [1.29, 1.82) is 0 Å². The maximum Gasteiger partial charge on any atom is 0.000781 e. The van der Waals surface area contributed by atoms with Crippen molar-refractivity contribution in [1.82, 2.24) is 5.32 Å². The first kappa shape index (κ1) is 15.0. The zero-order chi connectivity index (χ0) is 11.7. The minimum atomic E-state index is 0.568. The number of hydrogen-bond acceptors (Lipinski definition) is 1. The predicted octanol–water partition coefficient (Wildman–Crippen LogP) is 4.23. The molecule has 0 aliphatic rings. The average molecular weight is 213 g/mol. The molecule has 0 radical (unpaired) electrons. The van der Waals surface area contributed by atoms with Gasteiger partial charge in [-0.2, -0.15) is 0 Å². The third kappa shape index (κ3) is 6.19. The van der Waals surface area contributed by atoms with Crippen LogP contribution < -0.4 is 5.32 Å². The van der Waals surface area contributed by atoms with E-state index in [0.717, 1.165) is 12.5 Å². The van der Waals surface area contributed by atoms with Crippen LogP contribution in [0.5, 0.6) is 0 Å². The Morgan fingerprint density at radius 3 is 1.87 bits per heavy atom. The highest BCUT2D eigenvalue weighted by Crippen LogP contribution is 2.32. The van der Waals surface area contributed by atoms with Gasteiger partial charge in [-0.15, -0.1) is 0 Å². The Morgan fingerprint density at radius 1 is 1.00 bits per heavy atom. The highest BCUT2D eigenvalue weighted by molar-refractivity contribution is 4.79. The van der Waals surface area contributed by atoms with Crippen molar-refractivity contribution in [3.63, 3.8) is 0 Å². The highest BCUT2D eigenvalue weighted by Gasteiger charge is 2.25. The minimum absolute atomic E-state index is 0.568. The third-order valence-electron chi connectivity index (χ3n) is 3.36. The minimum Gasteiger partial charge on any atom is -0.316 e. The van der Waals surface area contributed by atoms with Crippen molar-refractivity contribution in [3.05, 3.63) is 0 Å². The lowest BCUT2D eigenvalue weighted by Gasteiger charge is -2.33. The van der Waals surface area contributed by atoms with Crippen LogP contribution in [0.15, 0.2) is 0 Å². The van der Waals surface area contributed by atoms with E-state index in [9.17, 15) is 0 Å². The van der Waals surface area contributed by atoms with E-state index in [-0.39, 0.29) is 0 Å². The van der Waals surface area contributed by atoms with Crippen molar-refractivity contribution >= 4 is 0 Å². The van der Waals surface area contributed by atoms with Gasteiger partial charge in [0, 0.05) is 6.54 Å². The molecule has 0 saturated carbocycles. The molecule has 1 heteroatoms. The lowest BCUT2D eigenvalue weighted by atomic mass is 9.77. The van der Waals surface area contributed by atoms with Crippen molar-refractivity contribution in [2.75, 3.05) is 13.1 Å². The molecule has 0 unspecified atom stereocenters. The summed E-state index contributed by atoms with van der Waals surface area (Å²) < 4.78 is 0. The maximum absolute atomic E-state index is 3.65. The second-order valence-electron chi connectivity index (χ2n) is 5.38. The van der Waals surface area contributed by atoms with E-state index in [2.05, 4.69) is 39.9 Å². The molecule has 1 N–H and O–H groups in total. The normalized spacial score (nSPS) is 12.4. The van der Waals surface area contributed by atoms with Crippen LogP contribution in [-0.4, -0.2) is 13.1 Å². The summed E-state index contributed by atoms with van der Waals surface area (Å²) in [4.78, 5) is 0. The Bertz CT molecular complexity index is 134. The third-order valence-corrected chi connectivity index (χ3v) is 3.36. The van der Waals surface area contributed by atoms with Crippen molar-refractivity contribution < 1.29 is 0 Å². The van der Waals surface area contributed by atoms with Crippen LogP contribution in [-0.2, 0) is 0 Å². The van der Waals surface area contributed by atoms with Crippen molar-refractivity contribution in [3.8, 4) is 0 Å². The molecular formula is C14H31N. The summed E-state index contributed by atoms with van der Waals surface area (Å²) in [5, 5.41) is 3.65. The van der Waals surface area contributed by atoms with Gasteiger partial charge in [0.25, 0.3) is 0 Å². The quantitative estimate of drug-likeness (QED) is 0.604. The van der Waals surface area contributed by atoms with Gasteiger partial charge in [0.15, 0.2) is 0 Å². The summed E-state index contributed by atoms with van der Waals surface area (Å²) in [7, 11) is 0. The topological polar surface area (TPSA) is 12.0 Å². The van der Waals surface area contributed by atoms with Crippen molar-refractivity contribution in [2.45, 2.75) is 66.7 Å². The molecule has 0 aromatic carbocycles. The molecule has 0 aromatic rings. The zero-order valence-corrected chi connectivity index (χ0v) is 11.5. The van der Waals surface area contributed by atoms with Gasteiger partial charge in [0.1, 0.15) is 0 Å². The Labute approximate surface area is 97.0 Å². The summed E-state index contributed by atoms with van der Waals surface area (Å²) in [5.74, 6) is 0.766. The predicted molar refractivity (Wildman–Crippen MR) is 70.2 cm³/mol. The van der Waals surface area contributed by atoms with Gasteiger partial charge in [-0.1, -0.05) is 47.5 Å². The number of hydrogen-bond donors (Lipinski definition) is 1. The van der Waals surface area contributed by atoms with E-state index >= 15 is 0 Å². The molecule has 92 valence electrons. The molecule has 0 fully saturated rings. The molecule has 0 rings (SSSR count). The van der Waals surface area contributed by atoms with Crippen LogP contribution >= 0.6 is 0 Å². The molecule has 0 aliphatic carbocycles. The van der Waals surface area contributed by atoms with Gasteiger partial charge in [0.2, 0.25) is 0 Å². The van der Waals surface area contributed by atoms with Gasteiger partial charge in [0.05, 0.1) is 0 Å². The smallest absolute Gasteiger partial charge is 0.000781 e. The lowest BCUT2D eigenvalue weighted by Crippen LogP contribution is -2.35. The van der Waals surface area contributed by atoms with Gasteiger partial charge in [-0.05, 0) is 37.1 Å². The number of rotatable bonds is 9. The van der Waals surface area contributed by atoms with E-state index < -0.39 is 0 Å².